The van der Waals surface area contributed by atoms with E-state index in [1.807, 2.05) is 34.8 Å². The van der Waals surface area contributed by atoms with Crippen LogP contribution in [0.25, 0.3) is 16.6 Å². The molecule has 1 aliphatic rings. The molecule has 1 saturated heterocycles. The first kappa shape index (κ1) is 24.4. The van der Waals surface area contributed by atoms with E-state index in [1.54, 1.807) is 19.2 Å². The number of nitrogens with two attached hydrogens (primary N) is 1. The van der Waals surface area contributed by atoms with E-state index in [0.29, 0.717) is 59.5 Å². The number of methoxy groups -OCH3 is 1. The number of fused-ring (bicyclic) bond motifs is 1. The Bertz CT molecular complexity index is 1530. The maximum Gasteiger partial charge on any atom is 0.211 e. The number of aromatic nitrogens is 3. The minimum Gasteiger partial charge on any atom is -0.493 e. The lowest BCUT2D eigenvalue weighted by molar-refractivity contribution is 0.317. The maximum absolute atomic E-state index is 12.0. The number of hydrogen-bond donors (Lipinski definition) is 1. The number of benzene rings is 2. The summed E-state index contributed by atoms with van der Waals surface area (Å²) >= 11 is 6.09. The zero-order valence-corrected chi connectivity index (χ0v) is 21.5. The predicted molar refractivity (Wildman–Crippen MR) is 139 cm³/mol. The van der Waals surface area contributed by atoms with E-state index in [1.165, 1.54) is 16.9 Å². The molecular formula is C25H26ClN5O4S. The number of nitrogens with zero attached hydrogens (tertiary/aromatic N) is 4. The molecule has 3 heterocycles. The minimum absolute atomic E-state index is 0.130. The monoisotopic (exact) mass is 527 g/mol. The van der Waals surface area contributed by atoms with E-state index in [9.17, 15) is 8.42 Å². The van der Waals surface area contributed by atoms with Gasteiger partial charge in [0.05, 0.1) is 13.4 Å². The first-order chi connectivity index (χ1) is 17.2. The van der Waals surface area contributed by atoms with Gasteiger partial charge in [-0.15, -0.1) is 0 Å². The number of nitrogen functional groups attached to an aromatic ring is 1. The second-order valence-electron chi connectivity index (χ2n) is 8.75. The number of anilines is 1. The van der Waals surface area contributed by atoms with Crippen LogP contribution in [0.3, 0.4) is 0 Å². The third-order valence-corrected chi connectivity index (χ3v) is 7.99. The highest BCUT2D eigenvalue weighted by atomic mass is 35.5. The Morgan fingerprint density at radius 1 is 1.08 bits per heavy atom. The Kier molecular flexibility index (Phi) is 6.50. The van der Waals surface area contributed by atoms with Crippen LogP contribution in [0, 0.1) is 0 Å². The fourth-order valence-electron chi connectivity index (χ4n) is 4.66. The van der Waals surface area contributed by atoms with Crippen LogP contribution in [0.5, 0.6) is 17.2 Å². The molecule has 188 valence electrons. The number of piperidine rings is 1. The van der Waals surface area contributed by atoms with Crippen LogP contribution in [-0.4, -0.2) is 53.8 Å². The van der Waals surface area contributed by atoms with Crippen molar-refractivity contribution >= 4 is 33.0 Å². The van der Waals surface area contributed by atoms with E-state index in [-0.39, 0.29) is 5.92 Å². The number of halogens is 1. The largest absolute Gasteiger partial charge is 0.493 e. The molecule has 0 bridgehead atoms. The summed E-state index contributed by atoms with van der Waals surface area (Å²) < 4.78 is 38.9. The van der Waals surface area contributed by atoms with Crippen LogP contribution < -0.4 is 15.2 Å². The second kappa shape index (κ2) is 9.61. The lowest BCUT2D eigenvalue weighted by atomic mass is 9.94. The molecule has 9 nitrogen and oxygen atoms in total. The van der Waals surface area contributed by atoms with Gasteiger partial charge in [-0.3, -0.25) is 0 Å². The molecule has 0 spiro atoms. The lowest BCUT2D eigenvalue weighted by Gasteiger charge is -2.29. The van der Waals surface area contributed by atoms with Crippen molar-refractivity contribution in [3.63, 3.8) is 0 Å². The van der Waals surface area contributed by atoms with Gasteiger partial charge in [-0.2, -0.15) is 5.10 Å². The molecule has 1 aliphatic heterocycles. The number of ether oxygens (including phenoxy) is 2. The van der Waals surface area contributed by atoms with Crippen LogP contribution in [0.15, 0.2) is 54.9 Å². The van der Waals surface area contributed by atoms with Gasteiger partial charge in [0, 0.05) is 35.3 Å². The van der Waals surface area contributed by atoms with Gasteiger partial charge in [0.2, 0.25) is 10.0 Å². The van der Waals surface area contributed by atoms with Gasteiger partial charge in [-0.1, -0.05) is 23.7 Å². The van der Waals surface area contributed by atoms with Crippen molar-refractivity contribution in [2.24, 2.45) is 0 Å². The maximum atomic E-state index is 12.0. The molecule has 0 atom stereocenters. The fraction of sp³-hybridized carbons (Fsp3) is 0.280. The van der Waals surface area contributed by atoms with E-state index in [4.69, 9.17) is 26.8 Å². The third-order valence-electron chi connectivity index (χ3n) is 6.45. The average Bonchev–Trinajstić information content (AvgIpc) is 3.25. The van der Waals surface area contributed by atoms with Crippen LogP contribution in [0.1, 0.15) is 24.5 Å². The van der Waals surface area contributed by atoms with Crippen molar-refractivity contribution in [3.05, 3.63) is 65.6 Å². The highest BCUT2D eigenvalue weighted by Gasteiger charge is 2.29. The Balaban J connectivity index is 1.52. The number of rotatable bonds is 6. The van der Waals surface area contributed by atoms with Crippen molar-refractivity contribution < 1.29 is 17.9 Å². The van der Waals surface area contributed by atoms with Gasteiger partial charge in [-0.05, 0) is 54.8 Å². The molecule has 36 heavy (non-hydrogen) atoms. The first-order valence-electron chi connectivity index (χ1n) is 11.4. The molecule has 2 N–H and O–H groups in total. The Hall–Kier alpha value is -3.34. The molecule has 0 saturated carbocycles. The van der Waals surface area contributed by atoms with Gasteiger partial charge in [-0.25, -0.2) is 22.2 Å². The Morgan fingerprint density at radius 3 is 2.56 bits per heavy atom. The molecule has 1 fully saturated rings. The molecule has 0 amide bonds. The van der Waals surface area contributed by atoms with Crippen molar-refractivity contribution in [2.75, 3.05) is 32.2 Å². The predicted octanol–water partition coefficient (Wildman–Crippen LogP) is 4.57. The number of sulfonamides is 1. The van der Waals surface area contributed by atoms with Crippen LogP contribution in [-0.2, 0) is 10.0 Å². The molecule has 4 aromatic rings. The van der Waals surface area contributed by atoms with Gasteiger partial charge >= 0.3 is 0 Å². The SMILES string of the molecule is COc1cc(-c2cc(C3CCN(S(C)(=O)=O)CC3)n3ncnc(N)c23)ccc1Oc1cccc(Cl)c1. The summed E-state index contributed by atoms with van der Waals surface area (Å²) in [4.78, 5) is 4.21. The molecule has 2 aromatic carbocycles. The zero-order chi connectivity index (χ0) is 25.4. The summed E-state index contributed by atoms with van der Waals surface area (Å²) in [5, 5.41) is 5.06. The summed E-state index contributed by atoms with van der Waals surface area (Å²) in [5.74, 6) is 2.18. The summed E-state index contributed by atoms with van der Waals surface area (Å²) in [6, 6.07) is 14.9. The standard InChI is InChI=1S/C25H26ClN5O4S/c1-34-23-12-17(6-7-22(23)35-19-5-3-4-18(26)13-19)20-14-21(31-24(20)25(27)28-15-29-31)16-8-10-30(11-9-16)36(2,32)33/h3-7,12-16H,8-11H2,1-2H3,(H2,27,28,29). The van der Waals surface area contributed by atoms with E-state index in [0.717, 1.165) is 16.8 Å². The molecule has 0 aliphatic carbocycles. The number of hydrogen-bond acceptors (Lipinski definition) is 7. The summed E-state index contributed by atoms with van der Waals surface area (Å²) in [7, 11) is -1.62. The van der Waals surface area contributed by atoms with Gasteiger partial charge in [0.1, 0.15) is 17.6 Å². The zero-order valence-electron chi connectivity index (χ0n) is 19.9. The van der Waals surface area contributed by atoms with Crippen LogP contribution >= 0.6 is 11.6 Å². The van der Waals surface area contributed by atoms with Gasteiger partial charge in [0.25, 0.3) is 0 Å². The lowest BCUT2D eigenvalue weighted by Crippen LogP contribution is -2.37. The third kappa shape index (κ3) is 4.71. The van der Waals surface area contributed by atoms with Gasteiger partial charge in [0.15, 0.2) is 17.3 Å². The summed E-state index contributed by atoms with van der Waals surface area (Å²) in [5.41, 5.74) is 9.70. The van der Waals surface area contributed by atoms with Crippen LogP contribution in [0.2, 0.25) is 5.02 Å². The van der Waals surface area contributed by atoms with Crippen LogP contribution in [0.4, 0.5) is 5.82 Å². The Morgan fingerprint density at radius 2 is 1.86 bits per heavy atom. The van der Waals surface area contributed by atoms with E-state index in [2.05, 4.69) is 16.1 Å². The molecule has 11 heteroatoms. The molecule has 0 radical (unpaired) electrons. The van der Waals surface area contributed by atoms with Gasteiger partial charge < -0.3 is 15.2 Å². The topological polar surface area (TPSA) is 112 Å². The average molecular weight is 528 g/mol. The molecule has 2 aromatic heterocycles. The summed E-state index contributed by atoms with van der Waals surface area (Å²) in [6.45, 7) is 0.936. The van der Waals surface area contributed by atoms with Crippen molar-refractivity contribution in [2.45, 2.75) is 18.8 Å². The second-order valence-corrected chi connectivity index (χ2v) is 11.2. The summed E-state index contributed by atoms with van der Waals surface area (Å²) in [6.07, 6.45) is 4.07. The van der Waals surface area contributed by atoms with E-state index >= 15 is 0 Å². The van der Waals surface area contributed by atoms with Crippen molar-refractivity contribution in [3.8, 4) is 28.4 Å². The molecular weight excluding hydrogens is 502 g/mol. The van der Waals surface area contributed by atoms with Crippen molar-refractivity contribution in [1.29, 1.82) is 0 Å². The highest BCUT2D eigenvalue weighted by Crippen LogP contribution is 2.40. The quantitative estimate of drug-likeness (QED) is 0.391. The minimum atomic E-state index is -3.21. The van der Waals surface area contributed by atoms with Crippen molar-refractivity contribution in [1.82, 2.24) is 18.9 Å². The van der Waals surface area contributed by atoms with E-state index < -0.39 is 10.0 Å². The fourth-order valence-corrected chi connectivity index (χ4v) is 5.72. The smallest absolute Gasteiger partial charge is 0.211 e. The molecule has 0 unspecified atom stereocenters. The molecule has 5 rings (SSSR count). The first-order valence-corrected chi connectivity index (χ1v) is 13.7. The normalized spacial score (nSPS) is 15.3. The highest BCUT2D eigenvalue weighted by molar-refractivity contribution is 7.88. The Labute approximate surface area is 214 Å².